The summed E-state index contributed by atoms with van der Waals surface area (Å²) in [6.45, 7) is 8.85. The third-order valence-corrected chi connectivity index (χ3v) is 1.69. The van der Waals surface area contributed by atoms with Crippen LogP contribution in [0.5, 0.6) is 0 Å². The van der Waals surface area contributed by atoms with E-state index >= 15 is 0 Å². The van der Waals surface area contributed by atoms with Gasteiger partial charge in [0.05, 0.1) is 6.04 Å². The molecule has 0 aliphatic rings. The molecule has 0 aromatic rings. The molecule has 3 heteroatoms. The Morgan fingerprint density at radius 3 is 1.82 bits per heavy atom. The summed E-state index contributed by atoms with van der Waals surface area (Å²) in [4.78, 5) is 0. The van der Waals surface area contributed by atoms with Gasteiger partial charge in [-0.1, -0.05) is 0 Å². The second kappa shape index (κ2) is 4.70. The van der Waals surface area contributed by atoms with E-state index in [0.717, 1.165) is 0 Å². The van der Waals surface area contributed by atoms with Gasteiger partial charge < -0.3 is 15.2 Å². The fourth-order valence-electron chi connectivity index (χ4n) is 0.878. The summed E-state index contributed by atoms with van der Waals surface area (Å²) in [7, 11) is 0. The lowest BCUT2D eigenvalue weighted by molar-refractivity contribution is -0.230. The van der Waals surface area contributed by atoms with Gasteiger partial charge in [0.15, 0.2) is 5.79 Å². The molecule has 1 atom stereocenters. The molecule has 2 N–H and O–H groups in total. The van der Waals surface area contributed by atoms with E-state index in [1.165, 1.54) is 0 Å². The van der Waals surface area contributed by atoms with Crippen molar-refractivity contribution in [2.45, 2.75) is 39.5 Å². The first-order valence-corrected chi connectivity index (χ1v) is 4.10. The van der Waals surface area contributed by atoms with Gasteiger partial charge >= 0.3 is 0 Å². The molecule has 0 saturated carbocycles. The van der Waals surface area contributed by atoms with E-state index in [4.69, 9.17) is 15.2 Å². The minimum atomic E-state index is -0.622. The Hall–Kier alpha value is -0.120. The first kappa shape index (κ1) is 10.9. The van der Waals surface area contributed by atoms with Crippen LogP contribution in [0.3, 0.4) is 0 Å². The standard InChI is InChI=1S/C8H19NO2/c1-5-10-8(4,7(3)9)11-6-2/h7H,5-6,9H2,1-4H3. The largest absolute Gasteiger partial charge is 0.349 e. The van der Waals surface area contributed by atoms with Crippen molar-refractivity contribution in [3.05, 3.63) is 0 Å². The number of hydrogen-bond acceptors (Lipinski definition) is 3. The van der Waals surface area contributed by atoms with Gasteiger partial charge in [-0.25, -0.2) is 0 Å². The van der Waals surface area contributed by atoms with Crippen molar-refractivity contribution in [1.82, 2.24) is 0 Å². The third kappa shape index (κ3) is 3.18. The fourth-order valence-corrected chi connectivity index (χ4v) is 0.878. The zero-order chi connectivity index (χ0) is 8.91. The second-order valence-electron chi connectivity index (χ2n) is 2.67. The van der Waals surface area contributed by atoms with Crippen molar-refractivity contribution in [3.63, 3.8) is 0 Å². The number of ether oxygens (including phenoxy) is 2. The Morgan fingerprint density at radius 2 is 1.64 bits per heavy atom. The van der Waals surface area contributed by atoms with E-state index in [9.17, 15) is 0 Å². The van der Waals surface area contributed by atoms with Gasteiger partial charge in [-0.05, 0) is 27.7 Å². The highest BCUT2D eigenvalue weighted by molar-refractivity contribution is 4.73. The SMILES string of the molecule is CCOC(C)(OCC)C(C)N. The topological polar surface area (TPSA) is 44.5 Å². The third-order valence-electron chi connectivity index (χ3n) is 1.69. The van der Waals surface area contributed by atoms with Gasteiger partial charge in [-0.3, -0.25) is 0 Å². The van der Waals surface area contributed by atoms with E-state index in [1.54, 1.807) is 0 Å². The van der Waals surface area contributed by atoms with Gasteiger partial charge in [-0.15, -0.1) is 0 Å². The van der Waals surface area contributed by atoms with Crippen molar-refractivity contribution >= 4 is 0 Å². The lowest BCUT2D eigenvalue weighted by Gasteiger charge is -2.32. The van der Waals surface area contributed by atoms with E-state index in [0.29, 0.717) is 13.2 Å². The summed E-state index contributed by atoms with van der Waals surface area (Å²) in [6, 6.07) is -0.109. The molecular formula is C8H19NO2. The van der Waals surface area contributed by atoms with Gasteiger partial charge in [0.25, 0.3) is 0 Å². The molecule has 0 amide bonds. The number of hydrogen-bond donors (Lipinski definition) is 1. The van der Waals surface area contributed by atoms with E-state index in [1.807, 2.05) is 27.7 Å². The molecule has 1 unspecified atom stereocenters. The number of rotatable bonds is 5. The molecule has 0 aromatic carbocycles. The maximum Gasteiger partial charge on any atom is 0.180 e. The molecule has 0 heterocycles. The second-order valence-corrected chi connectivity index (χ2v) is 2.67. The van der Waals surface area contributed by atoms with Crippen LogP contribution < -0.4 is 5.73 Å². The van der Waals surface area contributed by atoms with Crippen molar-refractivity contribution in [3.8, 4) is 0 Å². The van der Waals surface area contributed by atoms with Gasteiger partial charge in [0, 0.05) is 13.2 Å². The molecule has 0 aliphatic heterocycles. The van der Waals surface area contributed by atoms with E-state index in [2.05, 4.69) is 0 Å². The predicted octanol–water partition coefficient (Wildman–Crippen LogP) is 1.12. The molecule has 0 radical (unpaired) electrons. The molecule has 0 fully saturated rings. The number of nitrogens with two attached hydrogens (primary N) is 1. The molecule has 0 rings (SSSR count). The Kier molecular flexibility index (Phi) is 4.65. The normalized spacial score (nSPS) is 15.0. The summed E-state index contributed by atoms with van der Waals surface area (Å²) in [5.74, 6) is -0.622. The van der Waals surface area contributed by atoms with Crippen molar-refractivity contribution < 1.29 is 9.47 Å². The summed E-state index contributed by atoms with van der Waals surface area (Å²) < 4.78 is 10.8. The molecule has 68 valence electrons. The average Bonchev–Trinajstić information content (AvgIpc) is 1.88. The van der Waals surface area contributed by atoms with Crippen LogP contribution >= 0.6 is 0 Å². The zero-order valence-corrected chi connectivity index (χ0v) is 7.89. The molecular weight excluding hydrogens is 142 g/mol. The van der Waals surface area contributed by atoms with E-state index in [-0.39, 0.29) is 6.04 Å². The minimum Gasteiger partial charge on any atom is -0.349 e. The van der Waals surface area contributed by atoms with Gasteiger partial charge in [-0.2, -0.15) is 0 Å². The predicted molar refractivity (Wildman–Crippen MR) is 45.3 cm³/mol. The van der Waals surface area contributed by atoms with Crippen LogP contribution in [0, 0.1) is 0 Å². The van der Waals surface area contributed by atoms with Crippen LogP contribution in [0.4, 0.5) is 0 Å². The first-order chi connectivity index (χ1) is 5.06. The lowest BCUT2D eigenvalue weighted by atomic mass is 10.1. The van der Waals surface area contributed by atoms with Crippen LogP contribution in [0.1, 0.15) is 27.7 Å². The zero-order valence-electron chi connectivity index (χ0n) is 7.89. The van der Waals surface area contributed by atoms with Crippen LogP contribution in [0.25, 0.3) is 0 Å². The highest BCUT2D eigenvalue weighted by Crippen LogP contribution is 2.15. The summed E-state index contributed by atoms with van der Waals surface area (Å²) in [6.07, 6.45) is 0. The van der Waals surface area contributed by atoms with Crippen LogP contribution in [-0.4, -0.2) is 25.0 Å². The van der Waals surface area contributed by atoms with Gasteiger partial charge in [0.2, 0.25) is 0 Å². The Morgan fingerprint density at radius 1 is 1.27 bits per heavy atom. The Balaban J connectivity index is 4.01. The molecule has 3 nitrogen and oxygen atoms in total. The Bertz CT molecular complexity index is 98.3. The fraction of sp³-hybridized carbons (Fsp3) is 1.00. The molecule has 0 saturated heterocycles. The smallest absolute Gasteiger partial charge is 0.180 e. The molecule has 0 bridgehead atoms. The van der Waals surface area contributed by atoms with Crippen LogP contribution in [0.15, 0.2) is 0 Å². The monoisotopic (exact) mass is 161 g/mol. The Labute approximate surface area is 68.9 Å². The molecule has 11 heavy (non-hydrogen) atoms. The summed E-state index contributed by atoms with van der Waals surface area (Å²) >= 11 is 0. The maximum atomic E-state index is 5.69. The quantitative estimate of drug-likeness (QED) is 0.614. The lowest BCUT2D eigenvalue weighted by Crippen LogP contribution is -2.48. The summed E-state index contributed by atoms with van der Waals surface area (Å²) in [5, 5.41) is 0. The highest BCUT2D eigenvalue weighted by Gasteiger charge is 2.29. The molecule has 0 aromatic heterocycles. The minimum absolute atomic E-state index is 0.109. The van der Waals surface area contributed by atoms with Crippen molar-refractivity contribution in [1.29, 1.82) is 0 Å². The summed E-state index contributed by atoms with van der Waals surface area (Å²) in [5.41, 5.74) is 5.69. The highest BCUT2D eigenvalue weighted by atomic mass is 16.7. The maximum absolute atomic E-state index is 5.69. The molecule has 0 aliphatic carbocycles. The average molecular weight is 161 g/mol. The van der Waals surface area contributed by atoms with Crippen molar-refractivity contribution in [2.75, 3.05) is 13.2 Å². The first-order valence-electron chi connectivity index (χ1n) is 4.10. The molecule has 0 spiro atoms. The van der Waals surface area contributed by atoms with Crippen molar-refractivity contribution in [2.24, 2.45) is 5.73 Å². The van der Waals surface area contributed by atoms with E-state index < -0.39 is 5.79 Å². The van der Waals surface area contributed by atoms with Crippen LogP contribution in [-0.2, 0) is 9.47 Å². The van der Waals surface area contributed by atoms with Gasteiger partial charge in [0.1, 0.15) is 0 Å². The van der Waals surface area contributed by atoms with Crippen LogP contribution in [0.2, 0.25) is 0 Å².